The molecule has 0 radical (unpaired) electrons. The first-order valence-corrected chi connectivity index (χ1v) is 3.56. The zero-order valence-corrected chi connectivity index (χ0v) is 7.92. The predicted molar refractivity (Wildman–Crippen MR) is 46.9 cm³/mol. The molecule has 0 spiro atoms. The van der Waals surface area contributed by atoms with Gasteiger partial charge in [0.05, 0.1) is 19.8 Å². The SMILES string of the molecule is C=C(/C=C(\C)C(=O)OC)C(=O)OC. The van der Waals surface area contributed by atoms with Crippen LogP contribution in [0, 0.1) is 0 Å². The van der Waals surface area contributed by atoms with Gasteiger partial charge in [-0.2, -0.15) is 0 Å². The van der Waals surface area contributed by atoms with Gasteiger partial charge >= 0.3 is 11.9 Å². The Kier molecular flexibility index (Phi) is 4.51. The van der Waals surface area contributed by atoms with Crippen molar-refractivity contribution < 1.29 is 19.1 Å². The fourth-order valence-electron chi connectivity index (χ4n) is 0.671. The molecule has 0 aliphatic rings. The molecule has 0 atom stereocenters. The molecule has 72 valence electrons. The minimum Gasteiger partial charge on any atom is -0.466 e. The van der Waals surface area contributed by atoms with Crippen molar-refractivity contribution in [1.29, 1.82) is 0 Å². The Morgan fingerprint density at radius 3 is 2.00 bits per heavy atom. The molecule has 0 saturated carbocycles. The van der Waals surface area contributed by atoms with Gasteiger partial charge in [0.2, 0.25) is 0 Å². The van der Waals surface area contributed by atoms with Crippen molar-refractivity contribution in [3.63, 3.8) is 0 Å². The largest absolute Gasteiger partial charge is 0.466 e. The minimum atomic E-state index is -0.566. The van der Waals surface area contributed by atoms with Crippen molar-refractivity contribution in [2.24, 2.45) is 0 Å². The normalized spacial score (nSPS) is 10.5. The zero-order chi connectivity index (χ0) is 10.4. The number of esters is 2. The van der Waals surface area contributed by atoms with E-state index in [-0.39, 0.29) is 5.57 Å². The van der Waals surface area contributed by atoms with E-state index in [0.29, 0.717) is 5.57 Å². The third kappa shape index (κ3) is 3.55. The lowest BCUT2D eigenvalue weighted by Crippen LogP contribution is -2.06. The number of methoxy groups -OCH3 is 2. The van der Waals surface area contributed by atoms with E-state index >= 15 is 0 Å². The lowest BCUT2D eigenvalue weighted by atomic mass is 10.2. The van der Waals surface area contributed by atoms with Gasteiger partial charge in [-0.3, -0.25) is 0 Å². The van der Waals surface area contributed by atoms with Crippen molar-refractivity contribution in [2.75, 3.05) is 14.2 Å². The lowest BCUT2D eigenvalue weighted by Gasteiger charge is -2.00. The first-order valence-electron chi connectivity index (χ1n) is 3.56. The number of rotatable bonds is 3. The first-order chi connectivity index (χ1) is 6.02. The fraction of sp³-hybridized carbons (Fsp3) is 0.333. The van der Waals surface area contributed by atoms with Crippen LogP contribution in [0.3, 0.4) is 0 Å². The summed E-state index contributed by atoms with van der Waals surface area (Å²) in [6.07, 6.45) is 1.32. The van der Waals surface area contributed by atoms with Gasteiger partial charge in [-0.05, 0) is 13.0 Å². The quantitative estimate of drug-likeness (QED) is 0.370. The van der Waals surface area contributed by atoms with Crippen LogP contribution < -0.4 is 0 Å². The van der Waals surface area contributed by atoms with Gasteiger partial charge in [-0.1, -0.05) is 6.58 Å². The van der Waals surface area contributed by atoms with Gasteiger partial charge in [-0.25, -0.2) is 9.59 Å². The molecular formula is C9H12O4. The van der Waals surface area contributed by atoms with Crippen molar-refractivity contribution in [3.8, 4) is 0 Å². The molecule has 0 saturated heterocycles. The topological polar surface area (TPSA) is 52.6 Å². The molecule has 0 N–H and O–H groups in total. The molecule has 0 unspecified atom stereocenters. The Bertz CT molecular complexity index is 263. The van der Waals surface area contributed by atoms with Crippen LogP contribution in [-0.4, -0.2) is 26.2 Å². The Balaban J connectivity index is 4.48. The Morgan fingerprint density at radius 2 is 1.62 bits per heavy atom. The second-order valence-corrected chi connectivity index (χ2v) is 2.34. The second-order valence-electron chi connectivity index (χ2n) is 2.34. The summed E-state index contributed by atoms with van der Waals surface area (Å²) in [5, 5.41) is 0. The maximum atomic E-state index is 10.9. The maximum Gasteiger partial charge on any atom is 0.337 e. The molecule has 0 aromatic rings. The molecule has 4 nitrogen and oxygen atoms in total. The molecule has 0 aromatic carbocycles. The highest BCUT2D eigenvalue weighted by Crippen LogP contribution is 2.03. The summed E-state index contributed by atoms with van der Waals surface area (Å²) in [5.41, 5.74) is 0.420. The molecule has 0 rings (SSSR count). The fourth-order valence-corrected chi connectivity index (χ4v) is 0.671. The third-order valence-electron chi connectivity index (χ3n) is 1.35. The number of hydrogen-bond donors (Lipinski definition) is 0. The van der Waals surface area contributed by atoms with E-state index in [1.54, 1.807) is 0 Å². The molecule has 0 aliphatic heterocycles. The Hall–Kier alpha value is -1.58. The molecule has 0 heterocycles. The highest BCUT2D eigenvalue weighted by atomic mass is 16.5. The summed E-state index contributed by atoms with van der Waals surface area (Å²) >= 11 is 0. The van der Waals surface area contributed by atoms with Crippen molar-refractivity contribution in [1.82, 2.24) is 0 Å². The zero-order valence-electron chi connectivity index (χ0n) is 7.92. The summed E-state index contributed by atoms with van der Waals surface area (Å²) in [4.78, 5) is 21.7. The standard InChI is InChI=1S/C9H12O4/c1-6(8(10)12-3)5-7(2)9(11)13-4/h5H,1H2,2-4H3/b7-5+. The second kappa shape index (κ2) is 5.13. The molecular weight excluding hydrogens is 172 g/mol. The predicted octanol–water partition coefficient (Wildman–Crippen LogP) is 0.835. The van der Waals surface area contributed by atoms with E-state index in [4.69, 9.17) is 0 Å². The van der Waals surface area contributed by atoms with Crippen LogP contribution in [0.5, 0.6) is 0 Å². The number of carbonyl (C=O) groups excluding carboxylic acids is 2. The minimum absolute atomic E-state index is 0.116. The van der Waals surface area contributed by atoms with E-state index in [0.717, 1.165) is 0 Å². The van der Waals surface area contributed by atoms with Crippen molar-refractivity contribution in [3.05, 3.63) is 23.8 Å². The van der Waals surface area contributed by atoms with E-state index < -0.39 is 11.9 Å². The number of carbonyl (C=O) groups is 2. The maximum absolute atomic E-state index is 10.9. The Labute approximate surface area is 76.8 Å². The molecule has 0 bridgehead atoms. The summed E-state index contributed by atoms with van der Waals surface area (Å²) in [6.45, 7) is 4.95. The van der Waals surface area contributed by atoms with Crippen LogP contribution in [0.2, 0.25) is 0 Å². The number of ether oxygens (including phenoxy) is 2. The van der Waals surface area contributed by atoms with E-state index in [9.17, 15) is 9.59 Å². The third-order valence-corrected chi connectivity index (χ3v) is 1.35. The van der Waals surface area contributed by atoms with E-state index in [1.807, 2.05) is 0 Å². The van der Waals surface area contributed by atoms with Crippen LogP contribution in [-0.2, 0) is 19.1 Å². The van der Waals surface area contributed by atoms with Gasteiger partial charge in [-0.15, -0.1) is 0 Å². The van der Waals surface area contributed by atoms with Gasteiger partial charge in [0.25, 0.3) is 0 Å². The van der Waals surface area contributed by atoms with Crippen LogP contribution in [0.15, 0.2) is 23.8 Å². The van der Waals surface area contributed by atoms with Gasteiger partial charge in [0.1, 0.15) is 0 Å². The first kappa shape index (κ1) is 11.4. The Morgan fingerprint density at radius 1 is 1.15 bits per heavy atom. The highest BCUT2D eigenvalue weighted by molar-refractivity contribution is 5.95. The van der Waals surface area contributed by atoms with Crippen LogP contribution in [0.25, 0.3) is 0 Å². The van der Waals surface area contributed by atoms with E-state index in [2.05, 4.69) is 16.1 Å². The van der Waals surface area contributed by atoms with Crippen LogP contribution in [0.1, 0.15) is 6.92 Å². The summed E-state index contributed by atoms with van der Waals surface area (Å²) < 4.78 is 8.82. The lowest BCUT2D eigenvalue weighted by molar-refractivity contribution is -0.136. The molecule has 0 aromatic heterocycles. The average molecular weight is 184 g/mol. The van der Waals surface area contributed by atoms with Crippen LogP contribution in [0.4, 0.5) is 0 Å². The molecule has 0 fully saturated rings. The van der Waals surface area contributed by atoms with Gasteiger partial charge in [0.15, 0.2) is 0 Å². The van der Waals surface area contributed by atoms with Gasteiger partial charge in [0, 0.05) is 5.57 Å². The summed E-state index contributed by atoms with van der Waals surface area (Å²) in [6, 6.07) is 0. The molecule has 13 heavy (non-hydrogen) atoms. The number of hydrogen-bond acceptors (Lipinski definition) is 4. The summed E-state index contributed by atoms with van der Waals surface area (Å²) in [5.74, 6) is -1.06. The molecule has 4 heteroatoms. The highest BCUT2D eigenvalue weighted by Gasteiger charge is 2.07. The van der Waals surface area contributed by atoms with Gasteiger partial charge < -0.3 is 9.47 Å². The smallest absolute Gasteiger partial charge is 0.337 e. The molecule has 0 aliphatic carbocycles. The van der Waals surface area contributed by atoms with E-state index in [1.165, 1.54) is 27.2 Å². The average Bonchev–Trinajstić information content (AvgIpc) is 2.14. The summed E-state index contributed by atoms with van der Waals surface area (Å²) in [7, 11) is 2.51. The van der Waals surface area contributed by atoms with Crippen molar-refractivity contribution in [2.45, 2.75) is 6.92 Å². The van der Waals surface area contributed by atoms with Crippen LogP contribution >= 0.6 is 0 Å². The molecule has 0 amide bonds. The van der Waals surface area contributed by atoms with Crippen molar-refractivity contribution >= 4 is 11.9 Å². The monoisotopic (exact) mass is 184 g/mol.